The van der Waals surface area contributed by atoms with E-state index >= 15 is 0 Å². The average Bonchev–Trinajstić information content (AvgIpc) is 2.77. The second-order valence-corrected chi connectivity index (χ2v) is 10.4. The maximum Gasteiger partial charge on any atom is 0.490 e. The Balaban J connectivity index is 2.10. The predicted molar refractivity (Wildman–Crippen MR) is 90.1 cm³/mol. The van der Waals surface area contributed by atoms with E-state index < -0.39 is 71.5 Å². The molecule has 30 heavy (non-hydrogen) atoms. The number of hydrogen-bond acceptors (Lipinski definition) is 9. The van der Waals surface area contributed by atoms with Crippen molar-refractivity contribution in [2.24, 2.45) is 0 Å². The number of halogens is 2. The highest BCUT2D eigenvalue weighted by Gasteiger charge is 2.48. The van der Waals surface area contributed by atoms with Crippen LogP contribution in [0.5, 0.6) is 0 Å². The number of H-pyrrole nitrogens is 1. The van der Waals surface area contributed by atoms with Gasteiger partial charge in [-0.25, -0.2) is 22.5 Å². The first-order valence-electron chi connectivity index (χ1n) is 7.66. The van der Waals surface area contributed by atoms with E-state index in [4.69, 9.17) is 19.4 Å². The Kier molecular flexibility index (Phi) is 7.57. The molecule has 19 heteroatoms. The number of ether oxygens (including phenoxy) is 1. The van der Waals surface area contributed by atoms with Crippen LogP contribution in [0.3, 0.4) is 0 Å². The molecule has 2 heterocycles. The van der Waals surface area contributed by atoms with Crippen LogP contribution in [0, 0.1) is 12.7 Å². The molecular weight excluding hydrogens is 485 g/mol. The Morgan fingerprint density at radius 1 is 1.17 bits per heavy atom. The predicted octanol–water partition coefficient (Wildman–Crippen LogP) is 0.305. The van der Waals surface area contributed by atoms with Gasteiger partial charge in [0, 0.05) is 17.3 Å². The number of pyridine rings is 1. The van der Waals surface area contributed by atoms with Crippen molar-refractivity contribution in [3.05, 3.63) is 33.5 Å². The second kappa shape index (κ2) is 8.94. The van der Waals surface area contributed by atoms with Crippen LogP contribution in [0.4, 0.5) is 8.78 Å². The van der Waals surface area contributed by atoms with Gasteiger partial charge in [-0.05, 0) is 6.92 Å². The number of aromatic nitrogens is 1. The number of aliphatic hydroxyl groups is 1. The van der Waals surface area contributed by atoms with Gasteiger partial charge in [0.05, 0.1) is 6.61 Å². The van der Waals surface area contributed by atoms with Gasteiger partial charge in [-0.15, -0.1) is 0 Å². The molecule has 1 aromatic heterocycles. The molecule has 0 aromatic carbocycles. The topological polar surface area (TPSA) is 222 Å². The highest BCUT2D eigenvalue weighted by atomic mass is 31.3. The fraction of sp³-hybridized carbons (Fsp3) is 0.545. The number of phosphoric acid groups is 3. The van der Waals surface area contributed by atoms with Crippen LogP contribution in [0.15, 0.2) is 10.9 Å². The number of aliphatic hydroxyl groups excluding tert-OH is 1. The number of rotatable bonds is 8. The summed E-state index contributed by atoms with van der Waals surface area (Å²) < 4.78 is 78.3. The average molecular weight is 501 g/mol. The van der Waals surface area contributed by atoms with E-state index in [1.807, 2.05) is 0 Å². The van der Waals surface area contributed by atoms with Crippen molar-refractivity contribution in [1.82, 2.24) is 4.98 Å². The molecule has 1 aliphatic heterocycles. The maximum absolute atomic E-state index is 14.4. The summed E-state index contributed by atoms with van der Waals surface area (Å²) in [5.41, 5.74) is -1.35. The van der Waals surface area contributed by atoms with Crippen molar-refractivity contribution in [2.45, 2.75) is 31.4 Å². The highest BCUT2D eigenvalue weighted by Crippen LogP contribution is 2.66. The first-order chi connectivity index (χ1) is 13.5. The molecule has 1 aromatic rings. The first kappa shape index (κ1) is 25.4. The molecule has 1 aliphatic rings. The minimum absolute atomic E-state index is 0.103. The fourth-order valence-electron chi connectivity index (χ4n) is 2.57. The molecule has 1 saturated heterocycles. The second-order valence-electron chi connectivity index (χ2n) is 5.94. The molecule has 1 fully saturated rings. The number of phosphoric ester groups is 1. The summed E-state index contributed by atoms with van der Waals surface area (Å²) in [6.45, 7) is 0.105. The Morgan fingerprint density at radius 3 is 2.30 bits per heavy atom. The summed E-state index contributed by atoms with van der Waals surface area (Å²) in [6.07, 6.45) is -7.74. The van der Waals surface area contributed by atoms with Crippen LogP contribution < -0.4 is 5.56 Å². The molecule has 172 valence electrons. The van der Waals surface area contributed by atoms with Gasteiger partial charge in [0.15, 0.2) is 6.17 Å². The van der Waals surface area contributed by atoms with Crippen LogP contribution in [0.1, 0.15) is 17.4 Å². The zero-order chi connectivity index (χ0) is 23.1. The summed E-state index contributed by atoms with van der Waals surface area (Å²) in [5, 5.41) is 9.89. The highest BCUT2D eigenvalue weighted by molar-refractivity contribution is 7.66. The van der Waals surface area contributed by atoms with Gasteiger partial charge in [-0.3, -0.25) is 9.32 Å². The van der Waals surface area contributed by atoms with E-state index in [-0.39, 0.29) is 5.69 Å². The van der Waals surface area contributed by atoms with Gasteiger partial charge in [0.25, 0.3) is 5.56 Å². The minimum Gasteiger partial charge on any atom is -0.387 e. The van der Waals surface area contributed by atoms with Gasteiger partial charge in [-0.1, -0.05) is 0 Å². The third-order valence-corrected chi connectivity index (χ3v) is 7.45. The number of nitrogens with one attached hydrogen (secondary N) is 1. The lowest BCUT2D eigenvalue weighted by atomic mass is 10.0. The van der Waals surface area contributed by atoms with E-state index in [0.29, 0.717) is 6.07 Å². The van der Waals surface area contributed by atoms with Crippen molar-refractivity contribution < 1.29 is 65.0 Å². The van der Waals surface area contributed by atoms with E-state index in [1.54, 1.807) is 0 Å². The van der Waals surface area contributed by atoms with Crippen LogP contribution >= 0.6 is 23.5 Å². The SMILES string of the molecule is Cc1[nH]c(=O)cc(F)c1[C@@H]1O[C@H](COP(=O)(O)OP(=O)(O)OP(=O)(O)O)C(O)[C@@H]1F. The third kappa shape index (κ3) is 6.57. The summed E-state index contributed by atoms with van der Waals surface area (Å²) in [7, 11) is -16.9. The Hall–Kier alpha value is -0.860. The minimum atomic E-state index is -5.76. The van der Waals surface area contributed by atoms with Crippen molar-refractivity contribution in [1.29, 1.82) is 0 Å². The van der Waals surface area contributed by atoms with Crippen LogP contribution in [-0.2, 0) is 31.6 Å². The number of aryl methyl sites for hydroxylation is 1. The Bertz CT molecular complexity index is 969. The van der Waals surface area contributed by atoms with Crippen LogP contribution in [0.2, 0.25) is 0 Å². The molecule has 0 amide bonds. The molecule has 0 spiro atoms. The van der Waals surface area contributed by atoms with Crippen molar-refractivity contribution in [2.75, 3.05) is 6.61 Å². The van der Waals surface area contributed by atoms with E-state index in [1.165, 1.54) is 6.92 Å². The lowest BCUT2D eigenvalue weighted by Crippen LogP contribution is -2.31. The molecule has 0 radical (unpaired) electrons. The molecule has 0 bridgehead atoms. The van der Waals surface area contributed by atoms with E-state index in [2.05, 4.69) is 18.1 Å². The van der Waals surface area contributed by atoms with Gasteiger partial charge in [-0.2, -0.15) is 8.62 Å². The molecule has 14 nitrogen and oxygen atoms in total. The Labute approximate surface area is 165 Å². The van der Waals surface area contributed by atoms with Gasteiger partial charge >= 0.3 is 23.5 Å². The largest absolute Gasteiger partial charge is 0.490 e. The molecule has 6 atom stereocenters. The van der Waals surface area contributed by atoms with Gasteiger partial charge in [0.1, 0.15) is 24.1 Å². The lowest BCUT2D eigenvalue weighted by molar-refractivity contribution is -0.0232. The maximum atomic E-state index is 14.4. The van der Waals surface area contributed by atoms with Crippen LogP contribution in [0.25, 0.3) is 0 Å². The first-order valence-corrected chi connectivity index (χ1v) is 12.2. The summed E-state index contributed by atoms with van der Waals surface area (Å²) >= 11 is 0. The quantitative estimate of drug-likeness (QED) is 0.264. The smallest absolute Gasteiger partial charge is 0.387 e. The summed E-state index contributed by atoms with van der Waals surface area (Å²) in [5.74, 6) is -1.13. The number of aromatic amines is 1. The monoisotopic (exact) mass is 501 g/mol. The number of alkyl halides is 1. The normalized spacial score (nSPS) is 28.8. The molecule has 2 rings (SSSR count). The van der Waals surface area contributed by atoms with Gasteiger partial charge < -0.3 is 34.4 Å². The fourth-order valence-corrected chi connectivity index (χ4v) is 5.60. The van der Waals surface area contributed by atoms with Gasteiger partial charge in [0.2, 0.25) is 0 Å². The number of hydrogen-bond donors (Lipinski definition) is 6. The van der Waals surface area contributed by atoms with Crippen LogP contribution in [-0.4, -0.2) is 54.7 Å². The zero-order valence-electron chi connectivity index (χ0n) is 14.7. The Morgan fingerprint density at radius 2 is 1.77 bits per heavy atom. The van der Waals surface area contributed by atoms with Crippen molar-refractivity contribution in [3.8, 4) is 0 Å². The third-order valence-electron chi connectivity index (χ3n) is 3.65. The molecule has 3 unspecified atom stereocenters. The molecule has 0 saturated carbocycles. The van der Waals surface area contributed by atoms with Crippen molar-refractivity contribution in [3.63, 3.8) is 0 Å². The molecule has 6 N–H and O–H groups in total. The van der Waals surface area contributed by atoms with Crippen molar-refractivity contribution >= 4 is 23.5 Å². The van der Waals surface area contributed by atoms with E-state index in [9.17, 15) is 37.3 Å². The lowest BCUT2D eigenvalue weighted by Gasteiger charge is -2.19. The molecule has 0 aliphatic carbocycles. The summed E-state index contributed by atoms with van der Waals surface area (Å²) in [6, 6.07) is 0.518. The standard InChI is InChI=1S/C11H16F2NO13P3/c1-4-8(5(12)2-7(15)14-4)11-9(13)10(16)6(25-11)3-24-29(20,21)27-30(22,23)26-28(17,18)19/h2,6,9-11,16H,3H2,1H3,(H,14,15)(H,20,21)(H,22,23)(H2,17,18,19)/t6-,9+,10?,11+/m1/s1. The van der Waals surface area contributed by atoms with E-state index in [0.717, 1.165) is 0 Å². The molecular formula is C11H16F2NO13P3. The summed E-state index contributed by atoms with van der Waals surface area (Å²) in [4.78, 5) is 48.7. The zero-order valence-corrected chi connectivity index (χ0v) is 17.4.